The fraction of sp³-hybridized carbons (Fsp3) is 0.158. The van der Waals surface area contributed by atoms with Crippen LogP contribution >= 0.6 is 0 Å². The van der Waals surface area contributed by atoms with Gasteiger partial charge in [0.2, 0.25) is 6.29 Å². The third-order valence-corrected chi connectivity index (χ3v) is 3.49. The molecule has 3 rings (SSSR count). The summed E-state index contributed by atoms with van der Waals surface area (Å²) >= 11 is 0. The van der Waals surface area contributed by atoms with E-state index in [9.17, 15) is 0 Å². The first kappa shape index (κ1) is 13.7. The summed E-state index contributed by atoms with van der Waals surface area (Å²) in [6.07, 6.45) is 4.51. The fourth-order valence-corrected chi connectivity index (χ4v) is 2.50. The van der Waals surface area contributed by atoms with Crippen molar-refractivity contribution >= 4 is 5.57 Å². The highest BCUT2D eigenvalue weighted by Crippen LogP contribution is 2.31. The van der Waals surface area contributed by atoms with Gasteiger partial charge in [-0.3, -0.25) is 0 Å². The highest BCUT2D eigenvalue weighted by molar-refractivity contribution is 5.81. The predicted molar refractivity (Wildman–Crippen MR) is 84.5 cm³/mol. The Hall–Kier alpha value is -2.32. The summed E-state index contributed by atoms with van der Waals surface area (Å²) in [5.41, 5.74) is 3.44. The van der Waals surface area contributed by atoms with Crippen LogP contribution in [0.3, 0.4) is 0 Å². The molecule has 0 aromatic heterocycles. The average Bonchev–Trinajstić information content (AvgIpc) is 2.57. The summed E-state index contributed by atoms with van der Waals surface area (Å²) < 4.78 is 11.3. The number of benzene rings is 2. The summed E-state index contributed by atoms with van der Waals surface area (Å²) in [4.78, 5) is 0. The predicted octanol–water partition coefficient (Wildman–Crippen LogP) is 4.40. The van der Waals surface area contributed by atoms with Crippen molar-refractivity contribution in [2.45, 2.75) is 12.7 Å². The van der Waals surface area contributed by atoms with Gasteiger partial charge in [0.15, 0.2) is 0 Å². The van der Waals surface area contributed by atoms with Crippen molar-refractivity contribution in [1.29, 1.82) is 0 Å². The number of methoxy groups -OCH3 is 1. The molecule has 0 radical (unpaired) electrons. The molecule has 106 valence electrons. The first-order valence-electron chi connectivity index (χ1n) is 7.08. The van der Waals surface area contributed by atoms with Gasteiger partial charge in [0, 0.05) is 19.1 Å². The van der Waals surface area contributed by atoms with Crippen LogP contribution < -0.4 is 0 Å². The van der Waals surface area contributed by atoms with Crippen molar-refractivity contribution < 1.29 is 9.47 Å². The van der Waals surface area contributed by atoms with Crippen molar-refractivity contribution in [3.8, 4) is 0 Å². The molecule has 0 spiro atoms. The van der Waals surface area contributed by atoms with Crippen LogP contribution in [0.15, 0.2) is 78.6 Å². The molecule has 1 aliphatic rings. The van der Waals surface area contributed by atoms with E-state index in [1.807, 2.05) is 42.5 Å². The van der Waals surface area contributed by atoms with E-state index in [-0.39, 0.29) is 6.29 Å². The Bertz CT molecular complexity index is 600. The van der Waals surface area contributed by atoms with E-state index in [4.69, 9.17) is 9.47 Å². The van der Waals surface area contributed by atoms with E-state index in [1.54, 1.807) is 7.11 Å². The molecule has 0 fully saturated rings. The molecule has 1 atom stereocenters. The molecule has 0 saturated carbocycles. The standard InChI is InChI=1S/C19H18O2/c1-20-18-14-8-13-17(21-18)19(15-9-4-2-5-10-15)16-11-6-3-7-12-16/h2-12,14,18H,13H2,1H3/t18-/m1/s1. The van der Waals surface area contributed by atoms with Crippen molar-refractivity contribution in [3.05, 3.63) is 89.7 Å². The van der Waals surface area contributed by atoms with Gasteiger partial charge in [0.05, 0.1) is 0 Å². The van der Waals surface area contributed by atoms with E-state index >= 15 is 0 Å². The van der Waals surface area contributed by atoms with E-state index in [0.717, 1.165) is 28.9 Å². The lowest BCUT2D eigenvalue weighted by atomic mass is 9.95. The Morgan fingerprint density at radius 3 is 2.05 bits per heavy atom. The second-order valence-corrected chi connectivity index (χ2v) is 4.88. The third kappa shape index (κ3) is 3.06. The van der Waals surface area contributed by atoms with Gasteiger partial charge in [-0.15, -0.1) is 0 Å². The van der Waals surface area contributed by atoms with Crippen molar-refractivity contribution in [2.24, 2.45) is 0 Å². The number of allylic oxidation sites excluding steroid dienone is 1. The van der Waals surface area contributed by atoms with Crippen LogP contribution in [0, 0.1) is 0 Å². The smallest absolute Gasteiger partial charge is 0.219 e. The summed E-state index contributed by atoms with van der Waals surface area (Å²) in [5, 5.41) is 0. The quantitative estimate of drug-likeness (QED) is 0.775. The topological polar surface area (TPSA) is 18.5 Å². The molecule has 21 heavy (non-hydrogen) atoms. The maximum Gasteiger partial charge on any atom is 0.219 e. The molecule has 1 heterocycles. The second-order valence-electron chi connectivity index (χ2n) is 4.88. The van der Waals surface area contributed by atoms with Gasteiger partial charge in [-0.2, -0.15) is 0 Å². The summed E-state index contributed by atoms with van der Waals surface area (Å²) in [5.74, 6) is 0.946. The minimum atomic E-state index is -0.309. The first-order valence-corrected chi connectivity index (χ1v) is 7.08. The molecule has 2 aromatic rings. The molecule has 0 unspecified atom stereocenters. The van der Waals surface area contributed by atoms with E-state index in [1.165, 1.54) is 0 Å². The van der Waals surface area contributed by atoms with E-state index < -0.39 is 0 Å². The van der Waals surface area contributed by atoms with Crippen LogP contribution in [0.5, 0.6) is 0 Å². The molecular formula is C19H18O2. The Morgan fingerprint density at radius 2 is 1.52 bits per heavy atom. The molecule has 2 nitrogen and oxygen atoms in total. The highest BCUT2D eigenvalue weighted by atomic mass is 16.7. The van der Waals surface area contributed by atoms with Crippen molar-refractivity contribution in [3.63, 3.8) is 0 Å². The number of hydrogen-bond donors (Lipinski definition) is 0. The third-order valence-electron chi connectivity index (χ3n) is 3.49. The van der Waals surface area contributed by atoms with Crippen molar-refractivity contribution in [1.82, 2.24) is 0 Å². The summed E-state index contributed by atoms with van der Waals surface area (Å²) in [6, 6.07) is 20.7. The lowest BCUT2D eigenvalue weighted by Crippen LogP contribution is -2.16. The molecule has 0 saturated heterocycles. The zero-order valence-electron chi connectivity index (χ0n) is 12.0. The summed E-state index contributed by atoms with van der Waals surface area (Å²) in [7, 11) is 1.66. The Morgan fingerprint density at radius 1 is 0.952 bits per heavy atom. The zero-order chi connectivity index (χ0) is 14.5. The van der Waals surface area contributed by atoms with Gasteiger partial charge in [-0.1, -0.05) is 66.7 Å². The highest BCUT2D eigenvalue weighted by Gasteiger charge is 2.18. The van der Waals surface area contributed by atoms with Crippen LogP contribution in [0.1, 0.15) is 17.5 Å². The SMILES string of the molecule is CO[C@H]1C=CCC(=C(c2ccccc2)c2ccccc2)O1. The van der Waals surface area contributed by atoms with Gasteiger partial charge >= 0.3 is 0 Å². The van der Waals surface area contributed by atoms with Gasteiger partial charge in [0.25, 0.3) is 0 Å². The molecule has 0 bridgehead atoms. The zero-order valence-corrected chi connectivity index (χ0v) is 12.0. The summed E-state index contributed by atoms with van der Waals surface area (Å²) in [6.45, 7) is 0. The fourth-order valence-electron chi connectivity index (χ4n) is 2.50. The van der Waals surface area contributed by atoms with Gasteiger partial charge in [-0.25, -0.2) is 0 Å². The Balaban J connectivity index is 2.11. The molecule has 1 aliphatic heterocycles. The van der Waals surface area contributed by atoms with Crippen LogP contribution in [-0.2, 0) is 9.47 Å². The second kappa shape index (κ2) is 6.42. The van der Waals surface area contributed by atoms with Crippen LogP contribution in [0.25, 0.3) is 5.57 Å². The molecule has 0 amide bonds. The molecular weight excluding hydrogens is 260 g/mol. The van der Waals surface area contributed by atoms with Gasteiger partial charge < -0.3 is 9.47 Å². The van der Waals surface area contributed by atoms with Gasteiger partial charge in [0.1, 0.15) is 5.76 Å². The first-order chi connectivity index (χ1) is 10.4. The largest absolute Gasteiger partial charge is 0.465 e. The Kier molecular flexibility index (Phi) is 4.17. The molecule has 2 heteroatoms. The molecule has 0 N–H and O–H groups in total. The van der Waals surface area contributed by atoms with Crippen LogP contribution in [0.4, 0.5) is 0 Å². The molecule has 0 aliphatic carbocycles. The van der Waals surface area contributed by atoms with Crippen LogP contribution in [0.2, 0.25) is 0 Å². The Labute approximate surface area is 125 Å². The van der Waals surface area contributed by atoms with Gasteiger partial charge in [-0.05, 0) is 17.2 Å². The molecule has 2 aromatic carbocycles. The van der Waals surface area contributed by atoms with E-state index in [2.05, 4.69) is 30.3 Å². The lowest BCUT2D eigenvalue weighted by molar-refractivity contribution is -0.0637. The van der Waals surface area contributed by atoms with E-state index in [0.29, 0.717) is 0 Å². The number of ether oxygens (including phenoxy) is 2. The minimum absolute atomic E-state index is 0.309. The average molecular weight is 278 g/mol. The maximum atomic E-state index is 5.98. The minimum Gasteiger partial charge on any atom is -0.465 e. The van der Waals surface area contributed by atoms with Crippen molar-refractivity contribution in [2.75, 3.05) is 7.11 Å². The monoisotopic (exact) mass is 278 g/mol. The maximum absolute atomic E-state index is 5.98. The normalized spacial score (nSPS) is 17.4. The lowest BCUT2D eigenvalue weighted by Gasteiger charge is -2.23. The number of rotatable bonds is 3. The van der Waals surface area contributed by atoms with Crippen LogP contribution in [-0.4, -0.2) is 13.4 Å². The number of hydrogen-bond acceptors (Lipinski definition) is 2.